The van der Waals surface area contributed by atoms with E-state index in [9.17, 15) is 13.6 Å². The van der Waals surface area contributed by atoms with Crippen molar-refractivity contribution in [3.63, 3.8) is 0 Å². The first-order chi connectivity index (χ1) is 7.52. The highest BCUT2D eigenvalue weighted by atomic mass is 19.1. The Bertz CT molecular complexity index is 433. The average molecular weight is 228 g/mol. The number of halogens is 2. The van der Waals surface area contributed by atoms with Crippen molar-refractivity contribution in [2.45, 2.75) is 12.8 Å². The Kier molecular flexibility index (Phi) is 3.93. The molecule has 0 spiro atoms. The number of nitrogens with two attached hydrogens (primary N) is 1. The molecule has 0 amide bonds. The molecule has 0 aliphatic rings. The minimum Gasteiger partial charge on any atom is -0.409 e. The van der Waals surface area contributed by atoms with Gasteiger partial charge in [0.2, 0.25) is 0 Å². The fourth-order valence-corrected chi connectivity index (χ4v) is 1.18. The van der Waals surface area contributed by atoms with E-state index in [-0.39, 0.29) is 24.2 Å². The molecule has 0 heterocycles. The lowest BCUT2D eigenvalue weighted by Gasteiger charge is -2.02. The molecule has 0 unspecified atom stereocenters. The highest BCUT2D eigenvalue weighted by Crippen LogP contribution is 2.11. The molecule has 16 heavy (non-hydrogen) atoms. The maximum Gasteiger partial charge on any atom is 0.146 e. The zero-order valence-electron chi connectivity index (χ0n) is 8.28. The highest BCUT2D eigenvalue weighted by molar-refractivity contribution is 6.00. The highest BCUT2D eigenvalue weighted by Gasteiger charge is 2.10. The van der Waals surface area contributed by atoms with Crippen molar-refractivity contribution in [1.29, 1.82) is 0 Å². The number of carbonyl (C=O) groups is 1. The van der Waals surface area contributed by atoms with Crippen LogP contribution in [-0.2, 0) is 11.2 Å². The molecule has 0 radical (unpaired) electrons. The van der Waals surface area contributed by atoms with Gasteiger partial charge < -0.3 is 10.9 Å². The SMILES string of the molecule is N/C(CC(=O)Cc1ccc(F)cc1F)=N\O. The number of carbonyl (C=O) groups excluding carboxylic acids is 1. The van der Waals surface area contributed by atoms with Crippen molar-refractivity contribution in [2.24, 2.45) is 10.9 Å². The van der Waals surface area contributed by atoms with Gasteiger partial charge in [-0.3, -0.25) is 4.79 Å². The maximum atomic E-state index is 13.1. The molecule has 0 saturated heterocycles. The van der Waals surface area contributed by atoms with Crippen LogP contribution in [0.2, 0.25) is 0 Å². The lowest BCUT2D eigenvalue weighted by molar-refractivity contribution is -0.117. The zero-order valence-corrected chi connectivity index (χ0v) is 8.28. The molecule has 3 N–H and O–H groups in total. The minimum absolute atomic E-state index is 0.0807. The van der Waals surface area contributed by atoms with Crippen LogP contribution in [0.25, 0.3) is 0 Å². The number of amidine groups is 1. The van der Waals surface area contributed by atoms with E-state index in [0.717, 1.165) is 6.07 Å². The van der Waals surface area contributed by atoms with E-state index in [4.69, 9.17) is 10.9 Å². The van der Waals surface area contributed by atoms with Crippen molar-refractivity contribution in [3.05, 3.63) is 35.4 Å². The van der Waals surface area contributed by atoms with Gasteiger partial charge >= 0.3 is 0 Å². The van der Waals surface area contributed by atoms with Crippen LogP contribution >= 0.6 is 0 Å². The fraction of sp³-hybridized carbons (Fsp3) is 0.200. The zero-order chi connectivity index (χ0) is 12.1. The number of hydrogen-bond acceptors (Lipinski definition) is 3. The van der Waals surface area contributed by atoms with Gasteiger partial charge in [0, 0.05) is 12.5 Å². The summed E-state index contributed by atoms with van der Waals surface area (Å²) >= 11 is 0. The first-order valence-electron chi connectivity index (χ1n) is 4.45. The Morgan fingerprint density at radius 3 is 2.69 bits per heavy atom. The van der Waals surface area contributed by atoms with E-state index in [1.807, 2.05) is 0 Å². The summed E-state index contributed by atoms with van der Waals surface area (Å²) in [6, 6.07) is 2.95. The van der Waals surface area contributed by atoms with E-state index in [2.05, 4.69) is 5.16 Å². The van der Waals surface area contributed by atoms with Gasteiger partial charge in [0.25, 0.3) is 0 Å². The Morgan fingerprint density at radius 2 is 2.12 bits per heavy atom. The molecule has 0 aliphatic heterocycles. The Balaban J connectivity index is 2.70. The number of nitrogens with zero attached hydrogens (tertiary/aromatic N) is 1. The molecule has 6 heteroatoms. The molecule has 1 aromatic rings. The molecule has 4 nitrogen and oxygen atoms in total. The predicted molar refractivity (Wildman–Crippen MR) is 53.1 cm³/mol. The normalized spacial score (nSPS) is 11.5. The lowest BCUT2D eigenvalue weighted by Crippen LogP contribution is -2.18. The van der Waals surface area contributed by atoms with Crippen LogP contribution in [-0.4, -0.2) is 16.8 Å². The maximum absolute atomic E-state index is 13.1. The number of rotatable bonds is 4. The molecule has 0 fully saturated rings. The van der Waals surface area contributed by atoms with Gasteiger partial charge in [-0.05, 0) is 11.6 Å². The summed E-state index contributed by atoms with van der Waals surface area (Å²) < 4.78 is 25.7. The summed E-state index contributed by atoms with van der Waals surface area (Å²) in [6.07, 6.45) is -0.490. The Morgan fingerprint density at radius 1 is 1.44 bits per heavy atom. The number of oxime groups is 1. The standard InChI is InChI=1S/C10H10F2N2O2/c11-7-2-1-6(9(12)4-7)3-8(15)5-10(13)14-16/h1-2,4,16H,3,5H2,(H2,13,14). The monoisotopic (exact) mass is 228 g/mol. The van der Waals surface area contributed by atoms with Gasteiger partial charge in [0.05, 0.1) is 6.42 Å². The molecular formula is C10H10F2N2O2. The molecule has 0 bridgehead atoms. The Labute approximate surface area is 90.4 Å². The van der Waals surface area contributed by atoms with Gasteiger partial charge in [-0.25, -0.2) is 8.78 Å². The Hall–Kier alpha value is -1.98. The molecule has 0 atom stereocenters. The topological polar surface area (TPSA) is 75.7 Å². The second-order valence-corrected chi connectivity index (χ2v) is 3.22. The van der Waals surface area contributed by atoms with Crippen molar-refractivity contribution in [1.82, 2.24) is 0 Å². The third-order valence-electron chi connectivity index (χ3n) is 1.91. The van der Waals surface area contributed by atoms with Crippen molar-refractivity contribution in [3.8, 4) is 0 Å². The van der Waals surface area contributed by atoms with E-state index < -0.39 is 17.4 Å². The summed E-state index contributed by atoms with van der Waals surface area (Å²) in [5.41, 5.74) is 5.20. The van der Waals surface area contributed by atoms with Crippen LogP contribution in [0.4, 0.5) is 8.78 Å². The van der Waals surface area contributed by atoms with Gasteiger partial charge in [-0.2, -0.15) is 0 Å². The van der Waals surface area contributed by atoms with Crippen LogP contribution in [0.3, 0.4) is 0 Å². The second kappa shape index (κ2) is 5.20. The third kappa shape index (κ3) is 3.30. The second-order valence-electron chi connectivity index (χ2n) is 3.22. The third-order valence-corrected chi connectivity index (χ3v) is 1.91. The van der Waals surface area contributed by atoms with Crippen LogP contribution < -0.4 is 5.73 Å². The van der Waals surface area contributed by atoms with E-state index in [0.29, 0.717) is 6.07 Å². The fourth-order valence-electron chi connectivity index (χ4n) is 1.18. The number of hydrogen-bond donors (Lipinski definition) is 2. The molecule has 0 aromatic heterocycles. The lowest BCUT2D eigenvalue weighted by atomic mass is 10.1. The predicted octanol–water partition coefficient (Wildman–Crippen LogP) is 1.21. The van der Waals surface area contributed by atoms with E-state index in [1.165, 1.54) is 6.07 Å². The number of Topliss-reactive ketones (excluding diaryl/α,β-unsaturated/α-hetero) is 1. The largest absolute Gasteiger partial charge is 0.409 e. The van der Waals surface area contributed by atoms with Crippen molar-refractivity contribution < 1.29 is 18.8 Å². The van der Waals surface area contributed by atoms with Gasteiger partial charge in [0.1, 0.15) is 23.3 Å². The molecule has 86 valence electrons. The minimum atomic E-state index is -0.784. The summed E-state index contributed by atoms with van der Waals surface area (Å²) in [5.74, 6) is -2.15. The number of benzene rings is 1. The first-order valence-corrected chi connectivity index (χ1v) is 4.45. The van der Waals surface area contributed by atoms with Crippen LogP contribution in [0.5, 0.6) is 0 Å². The van der Waals surface area contributed by atoms with Gasteiger partial charge in [-0.15, -0.1) is 0 Å². The van der Waals surface area contributed by atoms with Crippen LogP contribution in [0.1, 0.15) is 12.0 Å². The average Bonchev–Trinajstić information content (AvgIpc) is 2.22. The van der Waals surface area contributed by atoms with E-state index in [1.54, 1.807) is 0 Å². The van der Waals surface area contributed by atoms with Gasteiger partial charge in [0.15, 0.2) is 0 Å². The van der Waals surface area contributed by atoms with Crippen molar-refractivity contribution in [2.75, 3.05) is 0 Å². The van der Waals surface area contributed by atoms with Crippen LogP contribution in [0.15, 0.2) is 23.4 Å². The smallest absolute Gasteiger partial charge is 0.146 e. The van der Waals surface area contributed by atoms with Crippen LogP contribution in [0, 0.1) is 11.6 Å². The van der Waals surface area contributed by atoms with Gasteiger partial charge in [-0.1, -0.05) is 11.2 Å². The summed E-state index contributed by atoms with van der Waals surface area (Å²) in [7, 11) is 0. The molecule has 0 aliphatic carbocycles. The number of ketones is 1. The van der Waals surface area contributed by atoms with E-state index >= 15 is 0 Å². The van der Waals surface area contributed by atoms with Crippen molar-refractivity contribution >= 4 is 11.6 Å². The molecule has 0 saturated carbocycles. The summed E-state index contributed by atoms with van der Waals surface area (Å²) in [4.78, 5) is 11.3. The first kappa shape index (κ1) is 12.1. The quantitative estimate of drug-likeness (QED) is 0.352. The summed E-state index contributed by atoms with van der Waals surface area (Å²) in [6.45, 7) is 0. The summed E-state index contributed by atoms with van der Waals surface area (Å²) in [5, 5.41) is 10.9. The molecule has 1 aromatic carbocycles. The molecular weight excluding hydrogens is 218 g/mol. The molecule has 1 rings (SSSR count).